The standard InChI is InChI=1S/C12H11BClN3O3/c14-12(18)10-7-9(1-2-11(10)17(19)20)16-5-3-13(8-15)4-6-16/h1-2,7H,3-6H2. The Labute approximate surface area is 121 Å². The number of hydrogen-bond donors (Lipinski definition) is 0. The van der Waals surface area contributed by atoms with E-state index < -0.39 is 10.2 Å². The number of nitrogens with zero attached hydrogens (tertiary/aromatic N) is 3. The number of halogens is 1. The van der Waals surface area contributed by atoms with Gasteiger partial charge in [0, 0.05) is 30.8 Å². The molecule has 1 heterocycles. The van der Waals surface area contributed by atoms with Crippen LogP contribution in [0.3, 0.4) is 0 Å². The lowest BCUT2D eigenvalue weighted by atomic mass is 9.45. The third kappa shape index (κ3) is 2.91. The van der Waals surface area contributed by atoms with Crippen molar-refractivity contribution < 1.29 is 9.72 Å². The predicted octanol–water partition coefficient (Wildman–Crippen LogP) is 2.35. The van der Waals surface area contributed by atoms with Gasteiger partial charge in [-0.3, -0.25) is 14.9 Å². The molecular formula is C12H11BClN3O3. The Balaban J connectivity index is 2.26. The summed E-state index contributed by atoms with van der Waals surface area (Å²) in [7, 11) is 0. The summed E-state index contributed by atoms with van der Waals surface area (Å²) in [6.07, 6.45) is 1.50. The molecule has 1 aromatic carbocycles. The highest BCUT2D eigenvalue weighted by Gasteiger charge is 2.25. The molecule has 0 spiro atoms. The molecule has 20 heavy (non-hydrogen) atoms. The quantitative estimate of drug-likeness (QED) is 0.369. The molecule has 0 amide bonds. The lowest BCUT2D eigenvalue weighted by Crippen LogP contribution is -2.36. The van der Waals surface area contributed by atoms with Crippen molar-refractivity contribution in [3.8, 4) is 5.97 Å². The highest BCUT2D eigenvalue weighted by molar-refractivity contribution is 6.68. The second kappa shape index (κ2) is 5.93. The van der Waals surface area contributed by atoms with Gasteiger partial charge in [-0.1, -0.05) is 0 Å². The molecule has 1 saturated heterocycles. The van der Waals surface area contributed by atoms with E-state index in [-0.39, 0.29) is 18.0 Å². The van der Waals surface area contributed by atoms with E-state index in [9.17, 15) is 14.9 Å². The highest BCUT2D eigenvalue weighted by Crippen LogP contribution is 2.28. The van der Waals surface area contributed by atoms with E-state index in [2.05, 4.69) is 5.97 Å². The van der Waals surface area contributed by atoms with Crippen LogP contribution < -0.4 is 4.90 Å². The first-order chi connectivity index (χ1) is 9.52. The molecule has 8 heteroatoms. The molecule has 0 aliphatic carbocycles. The number of nitro groups is 1. The predicted molar refractivity (Wildman–Crippen MR) is 76.5 cm³/mol. The van der Waals surface area contributed by atoms with Gasteiger partial charge >= 0.3 is 0 Å². The molecule has 0 aromatic heterocycles. The van der Waals surface area contributed by atoms with E-state index in [0.717, 1.165) is 18.3 Å². The number of carbonyl (C=O) groups excluding carboxylic acids is 1. The fourth-order valence-corrected chi connectivity index (χ4v) is 2.46. The SMILES string of the molecule is N#CB1CCN(c2ccc([N+](=O)[O-])c(C(=O)Cl)c2)CC1. The smallest absolute Gasteiger partial charge is 0.281 e. The van der Waals surface area contributed by atoms with Gasteiger partial charge in [0.2, 0.25) is 0 Å². The Bertz CT molecular complexity index is 594. The zero-order valence-corrected chi connectivity index (χ0v) is 11.3. The average molecular weight is 292 g/mol. The van der Waals surface area contributed by atoms with Crippen LogP contribution >= 0.6 is 11.6 Å². The zero-order chi connectivity index (χ0) is 14.7. The van der Waals surface area contributed by atoms with Crippen molar-refractivity contribution in [2.24, 2.45) is 0 Å². The van der Waals surface area contributed by atoms with Gasteiger partial charge < -0.3 is 4.90 Å². The van der Waals surface area contributed by atoms with Crippen molar-refractivity contribution in [3.63, 3.8) is 0 Å². The summed E-state index contributed by atoms with van der Waals surface area (Å²) in [5.41, 5.74) is 0.327. The Kier molecular flexibility index (Phi) is 4.25. The van der Waals surface area contributed by atoms with E-state index >= 15 is 0 Å². The van der Waals surface area contributed by atoms with Crippen LogP contribution in [0.1, 0.15) is 10.4 Å². The fraction of sp³-hybridized carbons (Fsp3) is 0.333. The molecular weight excluding hydrogens is 280 g/mol. The number of carbonyl (C=O) groups is 1. The zero-order valence-electron chi connectivity index (χ0n) is 10.6. The number of hydrogen-bond acceptors (Lipinski definition) is 5. The van der Waals surface area contributed by atoms with Crippen LogP contribution in [0.15, 0.2) is 18.2 Å². The van der Waals surface area contributed by atoms with Crippen LogP contribution in [-0.2, 0) is 0 Å². The largest absolute Gasteiger partial charge is 0.373 e. The number of benzene rings is 1. The van der Waals surface area contributed by atoms with Crippen LogP contribution in [0, 0.1) is 21.3 Å². The molecule has 0 saturated carbocycles. The summed E-state index contributed by atoms with van der Waals surface area (Å²) >= 11 is 5.40. The summed E-state index contributed by atoms with van der Waals surface area (Å²) in [6, 6.07) is 4.34. The van der Waals surface area contributed by atoms with Gasteiger partial charge in [-0.2, -0.15) is 0 Å². The summed E-state index contributed by atoms with van der Waals surface area (Å²) in [4.78, 5) is 23.5. The van der Waals surface area contributed by atoms with Crippen molar-refractivity contribution in [2.45, 2.75) is 12.6 Å². The Morgan fingerprint density at radius 3 is 2.60 bits per heavy atom. The van der Waals surface area contributed by atoms with E-state index in [1.807, 2.05) is 4.90 Å². The van der Waals surface area contributed by atoms with Crippen LogP contribution in [0.25, 0.3) is 0 Å². The third-order valence-corrected chi connectivity index (χ3v) is 3.63. The maximum Gasteiger partial charge on any atom is 0.281 e. The Morgan fingerprint density at radius 2 is 2.10 bits per heavy atom. The minimum Gasteiger partial charge on any atom is -0.373 e. The Morgan fingerprint density at radius 1 is 1.45 bits per heavy atom. The number of anilines is 1. The molecule has 1 aromatic rings. The minimum atomic E-state index is -0.842. The second-order valence-corrected chi connectivity index (χ2v) is 4.97. The van der Waals surface area contributed by atoms with Gasteiger partial charge in [0.15, 0.2) is 0 Å². The van der Waals surface area contributed by atoms with E-state index in [4.69, 9.17) is 16.9 Å². The van der Waals surface area contributed by atoms with Gasteiger partial charge in [0.05, 0.1) is 4.92 Å². The first-order valence-corrected chi connectivity index (χ1v) is 6.53. The lowest BCUT2D eigenvalue weighted by Gasteiger charge is -2.30. The van der Waals surface area contributed by atoms with Crippen LogP contribution in [0.5, 0.6) is 0 Å². The first kappa shape index (κ1) is 14.3. The molecule has 6 nitrogen and oxygen atoms in total. The fourth-order valence-electron chi connectivity index (χ4n) is 2.30. The number of nitriles is 1. The van der Waals surface area contributed by atoms with E-state index in [0.29, 0.717) is 13.1 Å². The lowest BCUT2D eigenvalue weighted by molar-refractivity contribution is -0.385. The second-order valence-electron chi connectivity index (χ2n) is 4.62. The van der Waals surface area contributed by atoms with E-state index in [1.165, 1.54) is 12.1 Å². The van der Waals surface area contributed by atoms with Crippen molar-refractivity contribution in [1.29, 1.82) is 5.26 Å². The van der Waals surface area contributed by atoms with Crippen molar-refractivity contribution in [2.75, 3.05) is 18.0 Å². The molecule has 1 aliphatic rings. The van der Waals surface area contributed by atoms with Gasteiger partial charge in [0.25, 0.3) is 17.6 Å². The molecule has 0 radical (unpaired) electrons. The normalized spacial score (nSPS) is 14.8. The van der Waals surface area contributed by atoms with Crippen LogP contribution in [0.4, 0.5) is 11.4 Å². The van der Waals surface area contributed by atoms with Gasteiger partial charge in [0.1, 0.15) is 5.56 Å². The maximum atomic E-state index is 11.3. The molecule has 2 rings (SSSR count). The molecule has 1 aliphatic heterocycles. The first-order valence-electron chi connectivity index (χ1n) is 6.15. The summed E-state index contributed by atoms with van der Waals surface area (Å²) in [5, 5.41) is 18.9. The van der Waals surface area contributed by atoms with Crippen molar-refractivity contribution in [1.82, 2.24) is 0 Å². The topological polar surface area (TPSA) is 87.2 Å². The molecule has 1 fully saturated rings. The summed E-state index contributed by atoms with van der Waals surface area (Å²) < 4.78 is 0. The summed E-state index contributed by atoms with van der Waals surface area (Å²) in [5.74, 6) is 2.24. The van der Waals surface area contributed by atoms with Crippen LogP contribution in [0.2, 0.25) is 12.6 Å². The van der Waals surface area contributed by atoms with Gasteiger partial charge in [-0.25, -0.2) is 5.26 Å². The minimum absolute atomic E-state index is 0.0541. The van der Waals surface area contributed by atoms with Crippen molar-refractivity contribution in [3.05, 3.63) is 33.9 Å². The number of rotatable bonds is 3. The molecule has 0 N–H and O–H groups in total. The molecule has 0 unspecified atom stereocenters. The molecule has 102 valence electrons. The van der Waals surface area contributed by atoms with E-state index in [1.54, 1.807) is 6.07 Å². The molecule has 0 atom stereocenters. The average Bonchev–Trinajstić information content (AvgIpc) is 2.46. The van der Waals surface area contributed by atoms with Crippen molar-refractivity contribution >= 4 is 34.9 Å². The molecule has 0 bridgehead atoms. The van der Waals surface area contributed by atoms with Gasteiger partial charge in [-0.05, 0) is 36.4 Å². The monoisotopic (exact) mass is 291 g/mol. The number of nitro benzene ring substituents is 1. The summed E-state index contributed by atoms with van der Waals surface area (Å²) in [6.45, 7) is 1.43. The highest BCUT2D eigenvalue weighted by atomic mass is 35.5. The third-order valence-electron chi connectivity index (χ3n) is 3.43. The maximum absolute atomic E-state index is 11.3. The van der Waals surface area contributed by atoms with Crippen LogP contribution in [-0.4, -0.2) is 30.0 Å². The van der Waals surface area contributed by atoms with Gasteiger partial charge in [-0.15, -0.1) is 0 Å². The Hall–Kier alpha value is -2.07.